The van der Waals surface area contributed by atoms with Crippen molar-refractivity contribution < 1.29 is 13.9 Å². The van der Waals surface area contributed by atoms with E-state index in [2.05, 4.69) is 11.4 Å². The number of benzene rings is 2. The summed E-state index contributed by atoms with van der Waals surface area (Å²) < 4.78 is 11.0. The molecule has 1 aromatic heterocycles. The first-order valence-electron chi connectivity index (χ1n) is 7.00. The summed E-state index contributed by atoms with van der Waals surface area (Å²) in [5.41, 5.74) is 1.72. The van der Waals surface area contributed by atoms with Gasteiger partial charge in [0.1, 0.15) is 5.58 Å². The summed E-state index contributed by atoms with van der Waals surface area (Å²) in [6.07, 6.45) is 1.76. The van der Waals surface area contributed by atoms with Gasteiger partial charge in [-0.2, -0.15) is 0 Å². The molecule has 1 fully saturated rings. The number of rotatable bonds is 1. The SMILES string of the molecule is COc1cccc2c1oc1ccccc12.O=C1CCCN1. The highest BCUT2D eigenvalue weighted by Gasteiger charge is 2.09. The predicted molar refractivity (Wildman–Crippen MR) is 82.5 cm³/mol. The lowest BCUT2D eigenvalue weighted by Gasteiger charge is -1.98. The Morgan fingerprint density at radius 2 is 1.90 bits per heavy atom. The van der Waals surface area contributed by atoms with Crippen LogP contribution in [-0.4, -0.2) is 19.6 Å². The molecule has 1 amide bonds. The summed E-state index contributed by atoms with van der Waals surface area (Å²) in [7, 11) is 1.65. The summed E-state index contributed by atoms with van der Waals surface area (Å²) in [6, 6.07) is 13.9. The van der Waals surface area contributed by atoms with Gasteiger partial charge in [-0.15, -0.1) is 0 Å². The molecule has 1 aliphatic heterocycles. The van der Waals surface area contributed by atoms with Crippen molar-refractivity contribution in [3.8, 4) is 5.75 Å². The Morgan fingerprint density at radius 1 is 1.10 bits per heavy atom. The van der Waals surface area contributed by atoms with Crippen LogP contribution in [0.2, 0.25) is 0 Å². The summed E-state index contributed by atoms with van der Waals surface area (Å²) >= 11 is 0. The topological polar surface area (TPSA) is 51.5 Å². The molecule has 1 saturated heterocycles. The normalized spacial score (nSPS) is 13.9. The molecular weight excluding hydrogens is 266 g/mol. The highest BCUT2D eigenvalue weighted by molar-refractivity contribution is 6.06. The van der Waals surface area contributed by atoms with Crippen molar-refractivity contribution in [3.63, 3.8) is 0 Å². The predicted octanol–water partition coefficient (Wildman–Crippen LogP) is 3.49. The number of para-hydroxylation sites is 2. The van der Waals surface area contributed by atoms with Crippen molar-refractivity contribution >= 4 is 27.8 Å². The third-order valence-electron chi connectivity index (χ3n) is 3.49. The van der Waals surface area contributed by atoms with E-state index in [0.717, 1.165) is 47.1 Å². The van der Waals surface area contributed by atoms with Gasteiger partial charge in [-0.25, -0.2) is 0 Å². The number of hydrogen-bond acceptors (Lipinski definition) is 3. The molecular formula is C17H17NO3. The van der Waals surface area contributed by atoms with Crippen molar-refractivity contribution in [2.24, 2.45) is 0 Å². The van der Waals surface area contributed by atoms with Crippen LogP contribution in [0.5, 0.6) is 5.75 Å². The number of carbonyl (C=O) groups is 1. The Kier molecular flexibility index (Phi) is 3.77. The van der Waals surface area contributed by atoms with Gasteiger partial charge in [0.05, 0.1) is 7.11 Å². The van der Waals surface area contributed by atoms with Crippen LogP contribution in [0.3, 0.4) is 0 Å². The maximum Gasteiger partial charge on any atom is 0.220 e. The number of ether oxygens (including phenoxy) is 1. The summed E-state index contributed by atoms with van der Waals surface area (Å²) in [5.74, 6) is 0.985. The van der Waals surface area contributed by atoms with Crippen molar-refractivity contribution in [1.29, 1.82) is 0 Å². The summed E-state index contributed by atoms with van der Waals surface area (Å²) in [6.45, 7) is 0.888. The fraction of sp³-hybridized carbons (Fsp3) is 0.235. The molecule has 0 spiro atoms. The highest BCUT2D eigenvalue weighted by Crippen LogP contribution is 2.33. The Labute approximate surface area is 122 Å². The van der Waals surface area contributed by atoms with Gasteiger partial charge in [-0.05, 0) is 18.6 Å². The molecule has 21 heavy (non-hydrogen) atoms. The first kappa shape index (κ1) is 13.5. The van der Waals surface area contributed by atoms with Crippen molar-refractivity contribution in [1.82, 2.24) is 5.32 Å². The van der Waals surface area contributed by atoms with Crippen LogP contribution in [0.1, 0.15) is 12.8 Å². The monoisotopic (exact) mass is 283 g/mol. The molecule has 4 heteroatoms. The highest BCUT2D eigenvalue weighted by atomic mass is 16.5. The largest absolute Gasteiger partial charge is 0.493 e. The number of methoxy groups -OCH3 is 1. The maximum absolute atomic E-state index is 10.1. The lowest BCUT2D eigenvalue weighted by Crippen LogP contribution is -2.12. The second kappa shape index (κ2) is 5.87. The minimum atomic E-state index is 0.204. The van der Waals surface area contributed by atoms with Gasteiger partial charge in [0.15, 0.2) is 11.3 Å². The smallest absolute Gasteiger partial charge is 0.220 e. The van der Waals surface area contributed by atoms with E-state index in [0.29, 0.717) is 0 Å². The average molecular weight is 283 g/mol. The number of furan rings is 1. The Morgan fingerprint density at radius 3 is 2.57 bits per heavy atom. The lowest BCUT2D eigenvalue weighted by atomic mass is 10.1. The zero-order chi connectivity index (χ0) is 14.7. The standard InChI is InChI=1S/C13H10O2.C4H7NO/c1-14-12-8-4-6-10-9-5-2-3-7-11(9)15-13(10)12;6-4-2-1-3-5-4/h2-8H,1H3;1-3H2,(H,5,6). The molecule has 4 rings (SSSR count). The summed E-state index contributed by atoms with van der Waals surface area (Å²) in [5, 5.41) is 4.91. The van der Waals surface area contributed by atoms with Gasteiger partial charge >= 0.3 is 0 Å². The second-order valence-corrected chi connectivity index (χ2v) is 4.89. The first-order valence-corrected chi connectivity index (χ1v) is 7.00. The molecule has 2 aromatic carbocycles. The molecule has 0 saturated carbocycles. The van der Waals surface area contributed by atoms with Gasteiger partial charge in [0.2, 0.25) is 5.91 Å². The van der Waals surface area contributed by atoms with Crippen LogP contribution in [-0.2, 0) is 4.79 Å². The summed E-state index contributed by atoms with van der Waals surface area (Å²) in [4.78, 5) is 10.1. The quantitative estimate of drug-likeness (QED) is 0.743. The number of nitrogens with one attached hydrogen (secondary N) is 1. The van der Waals surface area contributed by atoms with Gasteiger partial charge < -0.3 is 14.5 Å². The van der Waals surface area contributed by atoms with Gasteiger partial charge in [-0.3, -0.25) is 4.79 Å². The van der Waals surface area contributed by atoms with E-state index in [4.69, 9.17) is 9.15 Å². The lowest BCUT2D eigenvalue weighted by molar-refractivity contribution is -0.119. The van der Waals surface area contributed by atoms with E-state index in [-0.39, 0.29) is 5.91 Å². The Bertz CT molecular complexity index is 768. The third kappa shape index (κ3) is 2.70. The van der Waals surface area contributed by atoms with Crippen LogP contribution in [0.25, 0.3) is 21.9 Å². The van der Waals surface area contributed by atoms with E-state index >= 15 is 0 Å². The Hall–Kier alpha value is -2.49. The first-order chi connectivity index (χ1) is 10.3. The number of carbonyl (C=O) groups excluding carboxylic acids is 1. The molecule has 0 aliphatic carbocycles. The molecule has 0 bridgehead atoms. The Balaban J connectivity index is 0.000000186. The van der Waals surface area contributed by atoms with Crippen LogP contribution >= 0.6 is 0 Å². The van der Waals surface area contributed by atoms with E-state index in [9.17, 15) is 4.79 Å². The van der Waals surface area contributed by atoms with Crippen molar-refractivity contribution in [2.45, 2.75) is 12.8 Å². The number of fused-ring (bicyclic) bond motifs is 3. The van der Waals surface area contributed by atoms with Crippen molar-refractivity contribution in [3.05, 3.63) is 42.5 Å². The zero-order valence-corrected chi connectivity index (χ0v) is 11.9. The maximum atomic E-state index is 10.1. The fourth-order valence-corrected chi connectivity index (χ4v) is 2.45. The average Bonchev–Trinajstić information content (AvgIpc) is 3.14. The minimum Gasteiger partial charge on any atom is -0.493 e. The fourth-order valence-electron chi connectivity index (χ4n) is 2.45. The molecule has 0 unspecified atom stereocenters. The molecule has 108 valence electrons. The van der Waals surface area contributed by atoms with E-state index in [1.807, 2.05) is 36.4 Å². The van der Waals surface area contributed by atoms with Crippen LogP contribution < -0.4 is 10.1 Å². The zero-order valence-electron chi connectivity index (χ0n) is 11.9. The number of amides is 1. The molecule has 0 radical (unpaired) electrons. The molecule has 2 heterocycles. The van der Waals surface area contributed by atoms with E-state index < -0.39 is 0 Å². The van der Waals surface area contributed by atoms with E-state index in [1.165, 1.54) is 0 Å². The van der Waals surface area contributed by atoms with Crippen molar-refractivity contribution in [2.75, 3.05) is 13.7 Å². The minimum absolute atomic E-state index is 0.204. The van der Waals surface area contributed by atoms with Crippen LogP contribution in [0, 0.1) is 0 Å². The van der Waals surface area contributed by atoms with Crippen LogP contribution in [0.15, 0.2) is 46.9 Å². The molecule has 1 aliphatic rings. The van der Waals surface area contributed by atoms with Crippen LogP contribution in [0.4, 0.5) is 0 Å². The molecule has 4 nitrogen and oxygen atoms in total. The number of hydrogen-bond donors (Lipinski definition) is 1. The molecule has 3 aromatic rings. The van der Waals surface area contributed by atoms with Gasteiger partial charge in [0.25, 0.3) is 0 Å². The molecule has 0 atom stereocenters. The van der Waals surface area contributed by atoms with E-state index in [1.54, 1.807) is 7.11 Å². The van der Waals surface area contributed by atoms with Gasteiger partial charge in [-0.1, -0.05) is 30.3 Å². The van der Waals surface area contributed by atoms with Gasteiger partial charge in [0, 0.05) is 23.7 Å². The second-order valence-electron chi connectivity index (χ2n) is 4.89. The molecule has 1 N–H and O–H groups in total. The third-order valence-corrected chi connectivity index (χ3v) is 3.49.